The van der Waals surface area contributed by atoms with Crippen LogP contribution in [0, 0.1) is 11.8 Å². The molecule has 1 amide bonds. The van der Waals surface area contributed by atoms with Gasteiger partial charge in [0.1, 0.15) is 11.7 Å². The minimum Gasteiger partial charge on any atom is -0.457 e. The standard InChI is InChI=1S/C38H57N3O9/c1-7-30(43)27(4)35-31(48-35)24-37(5,46)15-8-9-25(2)34-26(3)10-11-32(38(6,47)16-12-29(42)23-33(44)50-34)49-36(45)41-21-19-40(20-22-41)28-13-17-39-18-14-28/h8-11,13-15,17-18,26-27,29-32,34-35,42-43,46-47H,7,12,16,19-24H2,1-6H3/b11-10+,15-8+,25-9+. The van der Waals surface area contributed by atoms with E-state index in [1.807, 2.05) is 39.8 Å². The highest BCUT2D eigenvalue weighted by molar-refractivity contribution is 5.70. The van der Waals surface area contributed by atoms with Gasteiger partial charge < -0.3 is 44.4 Å². The fourth-order valence-corrected chi connectivity index (χ4v) is 6.69. The number of hydrogen-bond donors (Lipinski definition) is 4. The van der Waals surface area contributed by atoms with E-state index < -0.39 is 53.6 Å². The molecule has 4 N–H and O–H groups in total. The number of nitrogens with zero attached hydrogens (tertiary/aromatic N) is 3. The number of cyclic esters (lactones) is 1. The lowest BCUT2D eigenvalue weighted by atomic mass is 9.88. The molecule has 12 nitrogen and oxygen atoms in total. The molecule has 0 aromatic carbocycles. The summed E-state index contributed by atoms with van der Waals surface area (Å²) in [6.07, 6.45) is 8.97. The Hall–Kier alpha value is -3.29. The topological polar surface area (TPSA) is 165 Å². The van der Waals surface area contributed by atoms with Gasteiger partial charge in [0.05, 0.1) is 36.4 Å². The molecule has 0 saturated carbocycles. The average molecular weight is 700 g/mol. The van der Waals surface area contributed by atoms with Gasteiger partial charge in [0.2, 0.25) is 0 Å². The van der Waals surface area contributed by atoms with Gasteiger partial charge in [-0.2, -0.15) is 0 Å². The van der Waals surface area contributed by atoms with Crippen molar-refractivity contribution in [2.45, 2.75) is 121 Å². The zero-order valence-corrected chi connectivity index (χ0v) is 30.4. The highest BCUT2D eigenvalue weighted by Crippen LogP contribution is 2.37. The van der Waals surface area contributed by atoms with Gasteiger partial charge in [-0.25, -0.2) is 4.79 Å². The smallest absolute Gasteiger partial charge is 0.410 e. The Kier molecular flexibility index (Phi) is 13.7. The van der Waals surface area contributed by atoms with E-state index in [0.29, 0.717) is 44.6 Å². The van der Waals surface area contributed by atoms with Gasteiger partial charge in [0.15, 0.2) is 6.10 Å². The number of aliphatic hydroxyl groups is 4. The maximum absolute atomic E-state index is 13.4. The number of anilines is 1. The Balaban J connectivity index is 1.44. The van der Waals surface area contributed by atoms with Gasteiger partial charge in [-0.3, -0.25) is 9.78 Å². The van der Waals surface area contributed by atoms with Crippen LogP contribution in [0.4, 0.5) is 10.5 Å². The molecule has 50 heavy (non-hydrogen) atoms. The van der Waals surface area contributed by atoms with E-state index in [1.54, 1.807) is 61.5 Å². The largest absolute Gasteiger partial charge is 0.457 e. The molecule has 2 saturated heterocycles. The minimum absolute atomic E-state index is 0.0173. The summed E-state index contributed by atoms with van der Waals surface area (Å²) < 4.78 is 17.5. The van der Waals surface area contributed by atoms with Crippen molar-refractivity contribution in [2.24, 2.45) is 11.8 Å². The second kappa shape index (κ2) is 17.3. The lowest BCUT2D eigenvalue weighted by molar-refractivity contribution is -0.151. The monoisotopic (exact) mass is 699 g/mol. The van der Waals surface area contributed by atoms with Crippen molar-refractivity contribution in [3.05, 3.63) is 60.5 Å². The molecule has 3 aliphatic rings. The first kappa shape index (κ1) is 39.5. The van der Waals surface area contributed by atoms with Crippen molar-refractivity contribution < 1.29 is 44.2 Å². The van der Waals surface area contributed by atoms with Crippen LogP contribution in [0.3, 0.4) is 0 Å². The molecule has 0 radical (unpaired) electrons. The van der Waals surface area contributed by atoms with Crippen LogP contribution in [0.25, 0.3) is 0 Å². The number of ether oxygens (including phenoxy) is 3. The van der Waals surface area contributed by atoms with Gasteiger partial charge in [0.25, 0.3) is 0 Å². The Bertz CT molecular complexity index is 1360. The van der Waals surface area contributed by atoms with Crippen LogP contribution in [0.15, 0.2) is 60.5 Å². The van der Waals surface area contributed by atoms with Crippen molar-refractivity contribution >= 4 is 17.7 Å². The molecule has 0 aliphatic carbocycles. The number of aromatic nitrogens is 1. The molecule has 4 rings (SSSR count). The number of carbonyl (C=O) groups excluding carboxylic acids is 2. The maximum atomic E-state index is 13.4. The molecule has 1 aromatic heterocycles. The SMILES string of the molecule is CCC(O)C(C)C1OC1CC(C)(O)/C=C/C=C(\C)C1OC(=O)CC(O)CCC(C)(O)C(OC(=O)N2CCN(c3ccncc3)CC2)/C=C/C1C. The fourth-order valence-electron chi connectivity index (χ4n) is 6.69. The number of hydrogen-bond acceptors (Lipinski definition) is 11. The first-order valence-electron chi connectivity index (χ1n) is 17.9. The van der Waals surface area contributed by atoms with Crippen LogP contribution >= 0.6 is 0 Å². The van der Waals surface area contributed by atoms with Crippen molar-refractivity contribution in [3.63, 3.8) is 0 Å². The second-order valence-electron chi connectivity index (χ2n) is 14.7. The van der Waals surface area contributed by atoms with Crippen molar-refractivity contribution in [1.82, 2.24) is 9.88 Å². The van der Waals surface area contributed by atoms with Crippen LogP contribution in [0.5, 0.6) is 0 Å². The lowest BCUT2D eigenvalue weighted by Gasteiger charge is -2.38. The van der Waals surface area contributed by atoms with Crippen molar-refractivity contribution in [2.75, 3.05) is 31.1 Å². The zero-order chi connectivity index (χ0) is 36.6. The molecule has 1 aromatic rings. The van der Waals surface area contributed by atoms with E-state index in [-0.39, 0.29) is 37.4 Å². The molecule has 4 heterocycles. The Morgan fingerprint density at radius 3 is 2.56 bits per heavy atom. The van der Waals surface area contributed by atoms with Crippen LogP contribution in [0.1, 0.15) is 73.6 Å². The quantitative estimate of drug-likeness (QED) is 0.121. The first-order chi connectivity index (χ1) is 23.6. The first-order valence-corrected chi connectivity index (χ1v) is 17.9. The normalized spacial score (nSPS) is 33.0. The molecule has 12 heteroatoms. The number of allylic oxidation sites excluding steroid dienone is 2. The third-order valence-electron chi connectivity index (χ3n) is 10.2. The van der Waals surface area contributed by atoms with Crippen LogP contribution in [0.2, 0.25) is 0 Å². The van der Waals surface area contributed by atoms with Gasteiger partial charge in [-0.15, -0.1) is 0 Å². The number of carbonyl (C=O) groups is 2. The summed E-state index contributed by atoms with van der Waals surface area (Å²) in [5.41, 5.74) is -0.951. The van der Waals surface area contributed by atoms with E-state index in [2.05, 4.69) is 9.88 Å². The summed E-state index contributed by atoms with van der Waals surface area (Å²) in [6.45, 7) is 13.0. The molecule has 278 valence electrons. The predicted molar refractivity (Wildman–Crippen MR) is 189 cm³/mol. The van der Waals surface area contributed by atoms with Crippen LogP contribution in [-0.4, -0.2) is 116 Å². The number of amides is 1. The van der Waals surface area contributed by atoms with Crippen molar-refractivity contribution in [3.8, 4) is 0 Å². The predicted octanol–water partition coefficient (Wildman–Crippen LogP) is 3.93. The summed E-state index contributed by atoms with van der Waals surface area (Å²) in [5, 5.41) is 43.3. The molecule has 3 aliphatic heterocycles. The second-order valence-corrected chi connectivity index (χ2v) is 14.7. The summed E-state index contributed by atoms with van der Waals surface area (Å²) in [4.78, 5) is 34.1. The van der Waals surface area contributed by atoms with E-state index in [1.165, 1.54) is 0 Å². The Morgan fingerprint density at radius 2 is 1.90 bits per heavy atom. The number of pyridine rings is 1. The van der Waals surface area contributed by atoms with E-state index in [0.717, 1.165) is 5.69 Å². The number of rotatable bonds is 10. The molecule has 0 spiro atoms. The third kappa shape index (κ3) is 11.1. The minimum atomic E-state index is -1.51. The van der Waals surface area contributed by atoms with E-state index in [9.17, 15) is 30.0 Å². The molecule has 10 atom stereocenters. The highest BCUT2D eigenvalue weighted by Gasteiger charge is 2.47. The summed E-state index contributed by atoms with van der Waals surface area (Å²) >= 11 is 0. The molecule has 10 unspecified atom stereocenters. The summed E-state index contributed by atoms with van der Waals surface area (Å²) in [5.74, 6) is -0.981. The molecular weight excluding hydrogens is 642 g/mol. The van der Waals surface area contributed by atoms with Gasteiger partial charge in [0, 0.05) is 62.5 Å². The van der Waals surface area contributed by atoms with Crippen LogP contribution in [-0.2, 0) is 19.0 Å². The summed E-state index contributed by atoms with van der Waals surface area (Å²) in [6, 6.07) is 3.86. The number of esters is 1. The van der Waals surface area contributed by atoms with Gasteiger partial charge in [-0.05, 0) is 63.8 Å². The fraction of sp³-hybridized carbons (Fsp3) is 0.658. The highest BCUT2D eigenvalue weighted by atomic mass is 16.6. The van der Waals surface area contributed by atoms with E-state index >= 15 is 0 Å². The number of aliphatic hydroxyl groups excluding tert-OH is 2. The average Bonchev–Trinajstić information content (AvgIpc) is 3.84. The lowest BCUT2D eigenvalue weighted by Crippen LogP contribution is -2.51. The number of piperazine rings is 1. The molecule has 0 bridgehead atoms. The van der Waals surface area contributed by atoms with Crippen molar-refractivity contribution in [1.29, 1.82) is 0 Å². The Morgan fingerprint density at radius 1 is 1.22 bits per heavy atom. The molecular formula is C38H57N3O9. The van der Waals surface area contributed by atoms with E-state index in [4.69, 9.17) is 14.2 Å². The third-order valence-corrected chi connectivity index (χ3v) is 10.2. The zero-order valence-electron chi connectivity index (χ0n) is 30.4. The van der Waals surface area contributed by atoms with Gasteiger partial charge >= 0.3 is 12.1 Å². The number of epoxide rings is 1. The molecule has 2 fully saturated rings. The Labute approximate surface area is 296 Å². The summed E-state index contributed by atoms with van der Waals surface area (Å²) in [7, 11) is 0. The maximum Gasteiger partial charge on any atom is 0.410 e. The van der Waals surface area contributed by atoms with Crippen LogP contribution < -0.4 is 4.90 Å². The van der Waals surface area contributed by atoms with Gasteiger partial charge in [-0.1, -0.05) is 45.1 Å².